The zero-order chi connectivity index (χ0) is 40.2. The molecule has 3 nitrogen and oxygen atoms in total. The number of esters is 1. The highest BCUT2D eigenvalue weighted by molar-refractivity contribution is 5.69. The Morgan fingerprint density at radius 3 is 0.727 bits per heavy atom. The summed E-state index contributed by atoms with van der Waals surface area (Å²) in [4.78, 5) is 11.9. The van der Waals surface area contributed by atoms with Crippen molar-refractivity contribution < 1.29 is 14.6 Å². The molecular weight excluding hydrogens is 673 g/mol. The lowest BCUT2D eigenvalue weighted by atomic mass is 10.0. The maximum absolute atomic E-state index is 11.9. The summed E-state index contributed by atoms with van der Waals surface area (Å²) in [6.45, 7) is 7.87. The van der Waals surface area contributed by atoms with Gasteiger partial charge in [-0.25, -0.2) is 0 Å². The van der Waals surface area contributed by atoms with Gasteiger partial charge in [0.1, 0.15) is 0 Å². The van der Waals surface area contributed by atoms with Crippen molar-refractivity contribution >= 4 is 5.97 Å². The summed E-state index contributed by atoms with van der Waals surface area (Å²) in [5, 5.41) is 8.64. The number of hydrogen-bond donors (Lipinski definition) is 1. The second-order valence-electron chi connectivity index (χ2n) is 17.5. The van der Waals surface area contributed by atoms with Gasteiger partial charge < -0.3 is 9.84 Å². The molecule has 1 N–H and O–H groups in total. The lowest BCUT2D eigenvalue weighted by molar-refractivity contribution is -0.143. The molecule has 0 unspecified atom stereocenters. The van der Waals surface area contributed by atoms with Gasteiger partial charge in [-0.1, -0.05) is 290 Å². The second-order valence-corrected chi connectivity index (χ2v) is 17.5. The van der Waals surface area contributed by atoms with Gasteiger partial charge in [0.2, 0.25) is 0 Å². The molecule has 3 heteroatoms. The van der Waals surface area contributed by atoms with Crippen LogP contribution in [0.15, 0.2) is 0 Å². The van der Waals surface area contributed by atoms with Gasteiger partial charge in [-0.3, -0.25) is 4.79 Å². The molecule has 0 aromatic rings. The van der Waals surface area contributed by atoms with E-state index in [1.165, 1.54) is 270 Å². The summed E-state index contributed by atoms with van der Waals surface area (Å²) >= 11 is 0. The summed E-state index contributed by atoms with van der Waals surface area (Å²) < 4.78 is 5.44. The number of unbranched alkanes of at least 4 members (excludes halogenated alkanes) is 42. The van der Waals surface area contributed by atoms with Crippen molar-refractivity contribution in [1.82, 2.24) is 0 Å². The van der Waals surface area contributed by atoms with Crippen LogP contribution in [-0.4, -0.2) is 24.3 Å². The van der Waals surface area contributed by atoms with Gasteiger partial charge >= 0.3 is 5.97 Å². The Labute approximate surface area is 348 Å². The monoisotopic (exact) mass is 779 g/mol. The molecule has 0 saturated heterocycles. The fourth-order valence-electron chi connectivity index (χ4n) is 7.86. The third-order valence-electron chi connectivity index (χ3n) is 11.8. The molecule has 0 aliphatic carbocycles. The minimum atomic E-state index is 0.0284. The number of aliphatic hydroxyl groups is 1. The number of aliphatic hydroxyl groups excluding tert-OH is 1. The fraction of sp³-hybridized carbons (Fsp3) is 0.981. The first-order chi connectivity index (χ1) is 27.2. The van der Waals surface area contributed by atoms with Crippen molar-refractivity contribution in [2.24, 2.45) is 0 Å². The van der Waals surface area contributed by atoms with E-state index in [-0.39, 0.29) is 5.97 Å². The van der Waals surface area contributed by atoms with E-state index in [2.05, 4.69) is 20.8 Å². The number of ether oxygens (including phenoxy) is 1. The molecule has 0 rings (SSSR count). The molecule has 0 atom stereocenters. The third-order valence-corrected chi connectivity index (χ3v) is 11.8. The van der Waals surface area contributed by atoms with Crippen LogP contribution in [0.25, 0.3) is 0 Å². The first-order valence-electron chi connectivity index (χ1n) is 26.0. The van der Waals surface area contributed by atoms with Crippen LogP contribution in [0.4, 0.5) is 0 Å². The predicted molar refractivity (Wildman–Crippen MR) is 247 cm³/mol. The maximum atomic E-state index is 11.9. The highest BCUT2D eigenvalue weighted by atomic mass is 16.5. The summed E-state index contributed by atoms with van der Waals surface area (Å²) in [7, 11) is 0. The third kappa shape index (κ3) is 57.8. The van der Waals surface area contributed by atoms with Crippen LogP contribution in [-0.2, 0) is 9.53 Å². The van der Waals surface area contributed by atoms with Crippen molar-refractivity contribution in [2.45, 2.75) is 316 Å². The summed E-state index contributed by atoms with van der Waals surface area (Å²) in [5.41, 5.74) is 0. The number of hydrogen-bond acceptors (Lipinski definition) is 3. The Balaban J connectivity index is 0. The van der Waals surface area contributed by atoms with Crippen LogP contribution < -0.4 is 0 Å². The molecule has 0 aromatic carbocycles. The van der Waals surface area contributed by atoms with Gasteiger partial charge in [-0.05, 0) is 19.3 Å². The largest absolute Gasteiger partial charge is 0.466 e. The molecule has 0 spiro atoms. The Morgan fingerprint density at radius 2 is 0.491 bits per heavy atom. The molecule has 0 fully saturated rings. The Kier molecular flexibility index (Phi) is 57.1. The van der Waals surface area contributed by atoms with E-state index >= 15 is 0 Å². The SMILES string of the molecule is CCCCCCCCCCCCCCCCCCOC(=O)CCCCCCCCCCCCCCCCC.CCCCCCCCCCCCCCCCO. The minimum absolute atomic E-state index is 0.0284. The van der Waals surface area contributed by atoms with Crippen LogP contribution >= 0.6 is 0 Å². The van der Waals surface area contributed by atoms with Crippen LogP contribution in [0, 0.1) is 0 Å². The molecule has 0 aliphatic rings. The number of carbonyl (C=O) groups is 1. The first-order valence-corrected chi connectivity index (χ1v) is 26.0. The van der Waals surface area contributed by atoms with Crippen LogP contribution in [0.2, 0.25) is 0 Å². The van der Waals surface area contributed by atoms with Gasteiger partial charge in [-0.2, -0.15) is 0 Å². The highest BCUT2D eigenvalue weighted by Crippen LogP contribution is 2.16. The Morgan fingerprint density at radius 1 is 0.291 bits per heavy atom. The zero-order valence-electron chi connectivity index (χ0n) is 38.7. The summed E-state index contributed by atoms with van der Waals surface area (Å²) in [6, 6.07) is 0. The fourth-order valence-corrected chi connectivity index (χ4v) is 7.86. The molecule has 0 aromatic heterocycles. The second kappa shape index (κ2) is 55.5. The minimum Gasteiger partial charge on any atom is -0.466 e. The molecule has 0 amide bonds. The van der Waals surface area contributed by atoms with E-state index in [0.717, 1.165) is 19.3 Å². The Hall–Kier alpha value is -0.570. The van der Waals surface area contributed by atoms with Crippen molar-refractivity contribution in [2.75, 3.05) is 13.2 Å². The maximum Gasteiger partial charge on any atom is 0.305 e. The van der Waals surface area contributed by atoms with Crippen LogP contribution in [0.1, 0.15) is 316 Å². The predicted octanol–water partition coefficient (Wildman–Crippen LogP) is 18.5. The first kappa shape index (κ1) is 56.5. The lowest BCUT2D eigenvalue weighted by Gasteiger charge is -2.06. The van der Waals surface area contributed by atoms with E-state index in [1.807, 2.05) is 0 Å². The standard InChI is InChI=1S/C36H72O2.C16H34O/c1-3-5-7-9-11-13-15-17-19-21-23-25-27-29-31-33-35-38-36(37)34-32-30-28-26-24-22-20-18-16-14-12-10-8-6-4-2;1-2-3-4-5-6-7-8-9-10-11-12-13-14-15-16-17/h3-35H2,1-2H3;17H,2-16H2,1H3. The highest BCUT2D eigenvalue weighted by Gasteiger charge is 2.03. The molecule has 0 aliphatic heterocycles. The molecule has 0 radical (unpaired) electrons. The topological polar surface area (TPSA) is 46.5 Å². The van der Waals surface area contributed by atoms with Crippen LogP contribution in [0.5, 0.6) is 0 Å². The van der Waals surface area contributed by atoms with Crippen molar-refractivity contribution in [1.29, 1.82) is 0 Å². The van der Waals surface area contributed by atoms with E-state index in [9.17, 15) is 4.79 Å². The lowest BCUT2D eigenvalue weighted by Crippen LogP contribution is -2.05. The molecular formula is C52H106O3. The summed E-state index contributed by atoms with van der Waals surface area (Å²) in [5.74, 6) is 0.0284. The van der Waals surface area contributed by atoms with Crippen molar-refractivity contribution in [3.8, 4) is 0 Å². The average molecular weight is 779 g/mol. The normalized spacial score (nSPS) is 11.2. The van der Waals surface area contributed by atoms with E-state index < -0.39 is 0 Å². The van der Waals surface area contributed by atoms with Crippen LogP contribution in [0.3, 0.4) is 0 Å². The van der Waals surface area contributed by atoms with E-state index in [4.69, 9.17) is 9.84 Å². The molecule has 0 heterocycles. The summed E-state index contributed by atoms with van der Waals surface area (Å²) in [6.07, 6.45) is 62.3. The quantitative estimate of drug-likeness (QED) is 0.0494. The van der Waals surface area contributed by atoms with Gasteiger partial charge in [0.25, 0.3) is 0 Å². The average Bonchev–Trinajstić information content (AvgIpc) is 3.19. The smallest absolute Gasteiger partial charge is 0.305 e. The van der Waals surface area contributed by atoms with Gasteiger partial charge in [0, 0.05) is 13.0 Å². The van der Waals surface area contributed by atoms with Gasteiger partial charge in [-0.15, -0.1) is 0 Å². The molecule has 0 bridgehead atoms. The van der Waals surface area contributed by atoms with E-state index in [0.29, 0.717) is 19.6 Å². The molecule has 55 heavy (non-hydrogen) atoms. The zero-order valence-corrected chi connectivity index (χ0v) is 38.7. The number of rotatable bonds is 47. The van der Waals surface area contributed by atoms with Gasteiger partial charge in [0.15, 0.2) is 0 Å². The van der Waals surface area contributed by atoms with Crippen molar-refractivity contribution in [3.63, 3.8) is 0 Å². The molecule has 0 saturated carbocycles. The number of carbonyl (C=O) groups excluding carboxylic acids is 1. The van der Waals surface area contributed by atoms with Gasteiger partial charge in [0.05, 0.1) is 6.61 Å². The van der Waals surface area contributed by atoms with Crippen molar-refractivity contribution in [3.05, 3.63) is 0 Å². The van der Waals surface area contributed by atoms with E-state index in [1.54, 1.807) is 0 Å². The Bertz CT molecular complexity index is 635. The molecule has 332 valence electrons.